The molecular weight excluding hydrogens is 181 g/mol. The van der Waals surface area contributed by atoms with Gasteiger partial charge in [-0.05, 0) is 22.9 Å². The second-order valence-corrected chi connectivity index (χ2v) is 2.78. The Morgan fingerprint density at radius 1 is 1.27 bits per heavy atom. The third-order valence-corrected chi connectivity index (χ3v) is 2.13. The summed E-state index contributed by atoms with van der Waals surface area (Å²) in [6.45, 7) is 0. The van der Waals surface area contributed by atoms with E-state index in [2.05, 4.69) is 16.4 Å². The van der Waals surface area contributed by atoms with Gasteiger partial charge in [-0.25, -0.2) is 0 Å². The van der Waals surface area contributed by atoms with Crippen LogP contribution in [0.3, 0.4) is 0 Å². The Bertz CT molecular complexity index is 288. The van der Waals surface area contributed by atoms with Crippen molar-refractivity contribution >= 4 is 21.4 Å². The van der Waals surface area contributed by atoms with E-state index in [0.29, 0.717) is 0 Å². The van der Waals surface area contributed by atoms with Gasteiger partial charge >= 0.3 is 51.4 Å². The zero-order valence-corrected chi connectivity index (χ0v) is 10.7. The van der Waals surface area contributed by atoms with Crippen LogP contribution in [0, 0.1) is 7.43 Å². The first-order valence-corrected chi connectivity index (χ1v) is 3.62. The van der Waals surface area contributed by atoms with Crippen molar-refractivity contribution in [1.82, 2.24) is 4.98 Å². The summed E-state index contributed by atoms with van der Waals surface area (Å²) in [4.78, 5) is 4.00. The summed E-state index contributed by atoms with van der Waals surface area (Å²) in [5.41, 5.74) is 0. The maximum absolute atomic E-state index is 4.00. The molecule has 0 spiro atoms. The summed E-state index contributed by atoms with van der Waals surface area (Å²) in [7, 11) is 0. The number of thiophene rings is 1. The Hall–Kier alpha value is 0.746. The van der Waals surface area contributed by atoms with Gasteiger partial charge in [0.1, 0.15) is 0 Å². The summed E-state index contributed by atoms with van der Waals surface area (Å²) in [6, 6.07) is 4.12. The fourth-order valence-corrected chi connectivity index (χ4v) is 1.56. The van der Waals surface area contributed by atoms with Gasteiger partial charge in [-0.15, -0.1) is 11.3 Å². The van der Waals surface area contributed by atoms with Crippen molar-refractivity contribution in [2.75, 3.05) is 0 Å². The molecule has 0 aliphatic heterocycles. The molecular formula is C8H8KNS. The molecule has 0 bridgehead atoms. The predicted octanol–water partition coefficient (Wildman–Crippen LogP) is -0.249. The second-order valence-electron chi connectivity index (χ2n) is 1.83. The molecule has 0 amide bonds. The van der Waals surface area contributed by atoms with Crippen LogP contribution in [0.4, 0.5) is 0 Å². The van der Waals surface area contributed by atoms with E-state index < -0.39 is 0 Å². The predicted molar refractivity (Wildman–Crippen MR) is 46.0 cm³/mol. The Morgan fingerprint density at radius 3 is 2.82 bits per heavy atom. The molecule has 0 saturated heterocycles. The van der Waals surface area contributed by atoms with E-state index in [1.807, 2.05) is 18.5 Å². The number of nitrogens with zero attached hydrogens (tertiary/aromatic N) is 1. The van der Waals surface area contributed by atoms with Gasteiger partial charge in [0, 0.05) is 12.4 Å². The van der Waals surface area contributed by atoms with Crippen LogP contribution in [0.2, 0.25) is 0 Å². The minimum Gasteiger partial charge on any atom is -0.358 e. The summed E-state index contributed by atoms with van der Waals surface area (Å²) in [6.07, 6.45) is 3.70. The molecule has 2 aromatic heterocycles. The summed E-state index contributed by atoms with van der Waals surface area (Å²) < 4.78 is 1.26. The molecule has 2 aromatic rings. The van der Waals surface area contributed by atoms with Crippen molar-refractivity contribution in [2.24, 2.45) is 0 Å². The third-order valence-electron chi connectivity index (χ3n) is 1.26. The van der Waals surface area contributed by atoms with Crippen molar-refractivity contribution in [3.8, 4) is 0 Å². The Labute approximate surface area is 113 Å². The van der Waals surface area contributed by atoms with E-state index in [4.69, 9.17) is 0 Å². The molecule has 0 atom stereocenters. The van der Waals surface area contributed by atoms with Crippen molar-refractivity contribution in [1.29, 1.82) is 0 Å². The average Bonchev–Trinajstić information content (AvgIpc) is 2.33. The minimum atomic E-state index is 0. The molecule has 11 heavy (non-hydrogen) atoms. The van der Waals surface area contributed by atoms with Gasteiger partial charge in [-0.2, -0.15) is 0 Å². The van der Waals surface area contributed by atoms with Gasteiger partial charge in [0.15, 0.2) is 0 Å². The molecule has 0 N–H and O–H groups in total. The van der Waals surface area contributed by atoms with E-state index >= 15 is 0 Å². The topological polar surface area (TPSA) is 12.9 Å². The van der Waals surface area contributed by atoms with Crippen LogP contribution in [0.1, 0.15) is 0 Å². The number of fused-ring (bicyclic) bond motifs is 1. The summed E-state index contributed by atoms with van der Waals surface area (Å²) in [5, 5.41) is 3.36. The quantitative estimate of drug-likeness (QED) is 0.411. The molecule has 2 rings (SSSR count). The largest absolute Gasteiger partial charge is 1.00 e. The monoisotopic (exact) mass is 189 g/mol. The smallest absolute Gasteiger partial charge is 0.358 e. The molecule has 0 aliphatic carbocycles. The van der Waals surface area contributed by atoms with E-state index in [1.54, 1.807) is 11.3 Å². The number of rotatable bonds is 0. The van der Waals surface area contributed by atoms with Gasteiger partial charge in [0.05, 0.1) is 4.70 Å². The zero-order chi connectivity index (χ0) is 6.10. The van der Waals surface area contributed by atoms with E-state index in [0.717, 1.165) is 0 Å². The van der Waals surface area contributed by atoms with E-state index in [1.165, 1.54) is 10.1 Å². The average molecular weight is 189 g/mol. The number of pyridine rings is 1. The zero-order valence-electron chi connectivity index (χ0n) is 6.74. The first-order chi connectivity index (χ1) is 4.47. The van der Waals surface area contributed by atoms with Gasteiger partial charge in [0.25, 0.3) is 0 Å². The van der Waals surface area contributed by atoms with Crippen molar-refractivity contribution in [3.63, 3.8) is 0 Å². The molecule has 1 nitrogen and oxygen atoms in total. The van der Waals surface area contributed by atoms with Crippen molar-refractivity contribution in [3.05, 3.63) is 37.3 Å². The van der Waals surface area contributed by atoms with Crippen molar-refractivity contribution in [2.45, 2.75) is 0 Å². The van der Waals surface area contributed by atoms with Crippen LogP contribution < -0.4 is 51.4 Å². The molecule has 0 saturated carbocycles. The summed E-state index contributed by atoms with van der Waals surface area (Å²) >= 11 is 1.72. The molecule has 0 unspecified atom stereocenters. The van der Waals surface area contributed by atoms with Gasteiger partial charge in [-0.1, -0.05) is 0 Å². The normalized spacial score (nSPS) is 8.36. The Kier molecular flexibility index (Phi) is 5.77. The maximum Gasteiger partial charge on any atom is 1.00 e. The van der Waals surface area contributed by atoms with Crippen LogP contribution in [0.5, 0.6) is 0 Å². The van der Waals surface area contributed by atoms with Gasteiger partial charge < -0.3 is 7.43 Å². The minimum absolute atomic E-state index is 0. The molecule has 0 fully saturated rings. The van der Waals surface area contributed by atoms with E-state index in [9.17, 15) is 0 Å². The first kappa shape index (κ1) is 11.7. The molecule has 0 radical (unpaired) electrons. The van der Waals surface area contributed by atoms with Crippen LogP contribution in [0.15, 0.2) is 29.9 Å². The van der Waals surface area contributed by atoms with Gasteiger partial charge in [-0.3, -0.25) is 4.98 Å². The Balaban J connectivity index is 0.000000500. The molecule has 3 heteroatoms. The molecule has 0 aliphatic rings. The molecule has 0 aromatic carbocycles. The van der Waals surface area contributed by atoms with Crippen molar-refractivity contribution < 1.29 is 51.4 Å². The molecule has 52 valence electrons. The fourth-order valence-electron chi connectivity index (χ4n) is 0.808. The standard InChI is InChI=1S/C7H5NS.CH3.K/c1-3-8-5-7-6(1)2-4-9-7;;/h1-5H;1H3;/q;-1;+1. The SMILES string of the molecule is [CH3-].[K+].c1cc2ccsc2cn1. The van der Waals surface area contributed by atoms with Crippen LogP contribution in [-0.4, -0.2) is 4.98 Å². The number of aromatic nitrogens is 1. The molecule has 2 heterocycles. The Morgan fingerprint density at radius 2 is 2.09 bits per heavy atom. The third kappa shape index (κ3) is 2.61. The van der Waals surface area contributed by atoms with Crippen LogP contribution in [0.25, 0.3) is 10.1 Å². The van der Waals surface area contributed by atoms with E-state index in [-0.39, 0.29) is 58.8 Å². The number of hydrogen-bond acceptors (Lipinski definition) is 2. The summed E-state index contributed by atoms with van der Waals surface area (Å²) in [5.74, 6) is 0. The first-order valence-electron chi connectivity index (χ1n) is 2.74. The second kappa shape index (κ2) is 5.40. The van der Waals surface area contributed by atoms with Crippen LogP contribution in [-0.2, 0) is 0 Å². The maximum atomic E-state index is 4.00. The van der Waals surface area contributed by atoms with Crippen LogP contribution >= 0.6 is 11.3 Å². The van der Waals surface area contributed by atoms with Gasteiger partial charge in [0.2, 0.25) is 0 Å². The number of hydrogen-bond donors (Lipinski definition) is 0. The fraction of sp³-hybridized carbons (Fsp3) is 0.